The van der Waals surface area contributed by atoms with E-state index in [4.69, 9.17) is 5.73 Å². The van der Waals surface area contributed by atoms with Gasteiger partial charge in [-0.3, -0.25) is 4.72 Å². The average molecular weight is 192 g/mol. The molecule has 0 spiro atoms. The van der Waals surface area contributed by atoms with Crippen LogP contribution in [-0.4, -0.2) is 13.1 Å². The minimum atomic E-state index is 0.838. The molecule has 0 saturated heterocycles. The lowest BCUT2D eigenvalue weighted by atomic mass is 10.1. The quantitative estimate of drug-likeness (QED) is 0.428. The molecule has 0 aromatic carbocycles. The summed E-state index contributed by atoms with van der Waals surface area (Å²) < 4.78 is 2.83. The summed E-state index contributed by atoms with van der Waals surface area (Å²) in [7, 11) is 0. The van der Waals surface area contributed by atoms with E-state index in [0.717, 1.165) is 13.1 Å². The Kier molecular flexibility index (Phi) is 21.4. The number of hydrogen-bond acceptors (Lipinski definition) is 3. The van der Waals surface area contributed by atoms with Gasteiger partial charge in [-0.2, -0.15) is 0 Å². The molecule has 0 bridgehead atoms. The number of nitrogens with two attached hydrogens (primary N) is 1. The van der Waals surface area contributed by atoms with Gasteiger partial charge >= 0.3 is 0 Å². The van der Waals surface area contributed by atoms with E-state index in [0.29, 0.717) is 0 Å². The minimum absolute atomic E-state index is 0.838. The Balaban J connectivity index is 0. The second kappa shape index (κ2) is 17.4. The molecule has 0 heterocycles. The van der Waals surface area contributed by atoms with E-state index in [2.05, 4.69) is 17.5 Å². The zero-order chi connectivity index (χ0) is 9.66. The molecule has 3 heteroatoms. The summed E-state index contributed by atoms with van der Waals surface area (Å²) in [6.07, 6.45) is 6.30. The van der Waals surface area contributed by atoms with Crippen LogP contribution in [0.3, 0.4) is 0 Å². The topological polar surface area (TPSA) is 38.0 Å². The van der Waals surface area contributed by atoms with Gasteiger partial charge in [0.05, 0.1) is 0 Å². The van der Waals surface area contributed by atoms with E-state index in [-0.39, 0.29) is 0 Å². The zero-order valence-corrected chi connectivity index (χ0v) is 9.37. The van der Waals surface area contributed by atoms with Crippen molar-refractivity contribution in [2.75, 3.05) is 13.1 Å². The number of unbranched alkanes of at least 4 members (excludes halogenated alkanes) is 4. The van der Waals surface area contributed by atoms with Crippen LogP contribution in [0.1, 0.15) is 46.0 Å². The second-order valence-corrected chi connectivity index (χ2v) is 2.78. The van der Waals surface area contributed by atoms with Gasteiger partial charge in [-0.05, 0) is 19.4 Å². The fourth-order valence-electron chi connectivity index (χ4n) is 0.879. The van der Waals surface area contributed by atoms with Crippen molar-refractivity contribution in [3.8, 4) is 0 Å². The standard InChI is InChI=1S/C7H18N2S.C2H6/c8-6-4-2-1-3-5-7-9-10;1-2/h9-10H,1-8H2;1-2H3. The van der Waals surface area contributed by atoms with E-state index in [9.17, 15) is 0 Å². The van der Waals surface area contributed by atoms with Gasteiger partial charge in [0, 0.05) is 6.54 Å². The van der Waals surface area contributed by atoms with Crippen molar-refractivity contribution < 1.29 is 0 Å². The first-order valence-electron chi connectivity index (χ1n) is 4.99. The maximum atomic E-state index is 5.34. The van der Waals surface area contributed by atoms with E-state index in [1.807, 2.05) is 13.8 Å². The third kappa shape index (κ3) is 16.7. The zero-order valence-electron chi connectivity index (χ0n) is 8.47. The van der Waals surface area contributed by atoms with E-state index in [1.165, 1.54) is 32.1 Å². The Hall–Kier alpha value is 0.270. The molecule has 0 saturated carbocycles. The molecule has 3 N–H and O–H groups in total. The summed E-state index contributed by atoms with van der Waals surface area (Å²) >= 11 is 3.89. The third-order valence-electron chi connectivity index (χ3n) is 1.49. The van der Waals surface area contributed by atoms with Gasteiger partial charge in [-0.15, -0.1) is 0 Å². The van der Waals surface area contributed by atoms with Crippen LogP contribution >= 0.6 is 12.8 Å². The van der Waals surface area contributed by atoms with Crippen molar-refractivity contribution in [2.45, 2.75) is 46.0 Å². The molecular formula is C9H24N2S. The van der Waals surface area contributed by atoms with Crippen LogP contribution in [0.2, 0.25) is 0 Å². The van der Waals surface area contributed by atoms with Crippen LogP contribution in [0, 0.1) is 0 Å². The number of thiol groups is 1. The number of hydrogen-bond donors (Lipinski definition) is 3. The second-order valence-electron chi connectivity index (χ2n) is 2.46. The first-order chi connectivity index (χ1) is 5.91. The molecule has 0 amide bonds. The van der Waals surface area contributed by atoms with Crippen LogP contribution in [-0.2, 0) is 0 Å². The van der Waals surface area contributed by atoms with Crippen molar-refractivity contribution in [3.05, 3.63) is 0 Å². The highest BCUT2D eigenvalue weighted by molar-refractivity contribution is 7.78. The molecule has 0 aliphatic carbocycles. The van der Waals surface area contributed by atoms with Gasteiger partial charge in [-0.25, -0.2) is 0 Å². The van der Waals surface area contributed by atoms with Gasteiger partial charge < -0.3 is 5.73 Å². The first kappa shape index (κ1) is 14.8. The molecule has 76 valence electrons. The van der Waals surface area contributed by atoms with Gasteiger partial charge in [0.15, 0.2) is 0 Å². The molecule has 0 aliphatic heterocycles. The van der Waals surface area contributed by atoms with Gasteiger partial charge in [-0.1, -0.05) is 45.9 Å². The van der Waals surface area contributed by atoms with E-state index < -0.39 is 0 Å². The summed E-state index contributed by atoms with van der Waals surface area (Å²) in [5.41, 5.74) is 5.34. The fourth-order valence-corrected chi connectivity index (χ4v) is 1.04. The van der Waals surface area contributed by atoms with Crippen LogP contribution in [0.4, 0.5) is 0 Å². The highest BCUT2D eigenvalue weighted by Crippen LogP contribution is 2.00. The maximum Gasteiger partial charge on any atom is 0.00561 e. The summed E-state index contributed by atoms with van der Waals surface area (Å²) in [5.74, 6) is 0. The molecule has 0 radical (unpaired) electrons. The minimum Gasteiger partial charge on any atom is -0.330 e. The predicted octanol–water partition coefficient (Wildman–Crippen LogP) is 2.36. The molecule has 0 rings (SSSR count). The van der Waals surface area contributed by atoms with E-state index >= 15 is 0 Å². The Morgan fingerprint density at radius 2 is 1.50 bits per heavy atom. The van der Waals surface area contributed by atoms with E-state index in [1.54, 1.807) is 0 Å². The van der Waals surface area contributed by atoms with Gasteiger partial charge in [0.25, 0.3) is 0 Å². The molecular weight excluding hydrogens is 168 g/mol. The Morgan fingerprint density at radius 1 is 1.00 bits per heavy atom. The molecule has 0 aromatic heterocycles. The highest BCUT2D eigenvalue weighted by atomic mass is 32.1. The number of nitrogens with one attached hydrogen (secondary N) is 1. The molecule has 0 aromatic rings. The smallest absolute Gasteiger partial charge is 0.00561 e. The van der Waals surface area contributed by atoms with Crippen molar-refractivity contribution in [3.63, 3.8) is 0 Å². The molecule has 0 fully saturated rings. The predicted molar refractivity (Wildman–Crippen MR) is 60.5 cm³/mol. The normalized spacial score (nSPS) is 9.00. The fraction of sp³-hybridized carbons (Fsp3) is 1.00. The number of rotatable bonds is 7. The maximum absolute atomic E-state index is 5.34. The lowest BCUT2D eigenvalue weighted by Crippen LogP contribution is -2.01. The SMILES string of the molecule is CC.NCCCCCCCNS. The molecule has 12 heavy (non-hydrogen) atoms. The summed E-state index contributed by atoms with van der Waals surface area (Å²) in [6.45, 7) is 5.86. The van der Waals surface area contributed by atoms with Crippen LogP contribution < -0.4 is 10.5 Å². The first-order valence-corrected chi connectivity index (χ1v) is 5.43. The average Bonchev–Trinajstić information content (AvgIpc) is 2.15. The Morgan fingerprint density at radius 3 is 2.00 bits per heavy atom. The van der Waals surface area contributed by atoms with Crippen molar-refractivity contribution in [1.29, 1.82) is 0 Å². The molecule has 0 unspecified atom stereocenters. The van der Waals surface area contributed by atoms with Crippen LogP contribution in [0.25, 0.3) is 0 Å². The Labute approximate surface area is 82.8 Å². The molecule has 0 aliphatic rings. The largest absolute Gasteiger partial charge is 0.330 e. The molecule has 0 atom stereocenters. The van der Waals surface area contributed by atoms with Gasteiger partial charge in [0.2, 0.25) is 0 Å². The summed E-state index contributed by atoms with van der Waals surface area (Å²) in [5, 5.41) is 0. The van der Waals surface area contributed by atoms with Crippen molar-refractivity contribution in [1.82, 2.24) is 4.72 Å². The lowest BCUT2D eigenvalue weighted by Gasteiger charge is -1.98. The third-order valence-corrected chi connectivity index (χ3v) is 1.72. The molecule has 2 nitrogen and oxygen atoms in total. The van der Waals surface area contributed by atoms with Crippen molar-refractivity contribution in [2.24, 2.45) is 5.73 Å². The summed E-state index contributed by atoms with van der Waals surface area (Å²) in [6, 6.07) is 0. The highest BCUT2D eigenvalue weighted by Gasteiger charge is 1.87. The monoisotopic (exact) mass is 192 g/mol. The van der Waals surface area contributed by atoms with Gasteiger partial charge in [0.1, 0.15) is 0 Å². The van der Waals surface area contributed by atoms with Crippen molar-refractivity contribution >= 4 is 12.8 Å². The summed E-state index contributed by atoms with van der Waals surface area (Å²) in [4.78, 5) is 0. The lowest BCUT2D eigenvalue weighted by molar-refractivity contribution is 0.617. The van der Waals surface area contributed by atoms with Crippen LogP contribution in [0.15, 0.2) is 0 Å². The van der Waals surface area contributed by atoms with Crippen LogP contribution in [0.5, 0.6) is 0 Å². The Bertz CT molecular complexity index is 52.5.